The van der Waals surface area contributed by atoms with Gasteiger partial charge < -0.3 is 14.5 Å². The van der Waals surface area contributed by atoms with Crippen molar-refractivity contribution in [3.05, 3.63) is 59.5 Å². The first kappa shape index (κ1) is 18.3. The molecule has 1 aliphatic rings. The van der Waals surface area contributed by atoms with E-state index in [9.17, 15) is 4.79 Å². The van der Waals surface area contributed by atoms with E-state index < -0.39 is 0 Å². The predicted molar refractivity (Wildman–Crippen MR) is 111 cm³/mol. The van der Waals surface area contributed by atoms with E-state index in [0.29, 0.717) is 12.4 Å². The minimum absolute atomic E-state index is 0.215. The number of allylic oxidation sites excluding steroid dienone is 1. The lowest BCUT2D eigenvalue weighted by molar-refractivity contribution is -0.111. The van der Waals surface area contributed by atoms with Crippen LogP contribution in [0.25, 0.3) is 16.5 Å². The Bertz CT molecular complexity index is 1030. The third kappa shape index (κ3) is 3.65. The van der Waals surface area contributed by atoms with E-state index in [0.717, 1.165) is 46.5 Å². The second kappa shape index (κ2) is 7.89. The van der Waals surface area contributed by atoms with Gasteiger partial charge in [-0.1, -0.05) is 6.07 Å². The number of amides is 1. The average Bonchev–Trinajstić information content (AvgIpc) is 3.05. The maximum absolute atomic E-state index is 12.4. The third-order valence-corrected chi connectivity index (χ3v) is 5.05. The molecule has 0 fully saturated rings. The van der Waals surface area contributed by atoms with Gasteiger partial charge in [0.05, 0.1) is 6.61 Å². The third-order valence-electron chi connectivity index (χ3n) is 5.05. The molecule has 4 rings (SSSR count). The number of benzene rings is 1. The van der Waals surface area contributed by atoms with Crippen LogP contribution >= 0.6 is 0 Å². The highest BCUT2D eigenvalue weighted by atomic mass is 16.5. The fourth-order valence-electron chi connectivity index (χ4n) is 3.75. The number of carbonyl (C=O) groups is 1. The van der Waals surface area contributed by atoms with E-state index in [1.807, 2.05) is 32.0 Å². The van der Waals surface area contributed by atoms with Crippen molar-refractivity contribution in [3.63, 3.8) is 0 Å². The smallest absolute Gasteiger partial charge is 0.249 e. The highest BCUT2D eigenvalue weighted by molar-refractivity contribution is 6.04. The molecule has 0 unspecified atom stereocenters. The first-order valence-corrected chi connectivity index (χ1v) is 9.77. The first-order chi connectivity index (χ1) is 13.7. The quantitative estimate of drug-likeness (QED) is 0.626. The van der Waals surface area contributed by atoms with Gasteiger partial charge in [-0.2, -0.15) is 0 Å². The van der Waals surface area contributed by atoms with E-state index >= 15 is 0 Å². The molecule has 5 nitrogen and oxygen atoms in total. The van der Waals surface area contributed by atoms with Crippen LogP contribution in [0.15, 0.2) is 47.0 Å². The van der Waals surface area contributed by atoms with Crippen molar-refractivity contribution in [1.29, 1.82) is 0 Å². The Morgan fingerprint density at radius 3 is 2.93 bits per heavy atom. The number of aromatic nitrogens is 1. The molecule has 1 amide bonds. The van der Waals surface area contributed by atoms with E-state index in [4.69, 9.17) is 9.15 Å². The van der Waals surface area contributed by atoms with Gasteiger partial charge in [-0.05, 0) is 56.9 Å². The summed E-state index contributed by atoms with van der Waals surface area (Å²) < 4.78 is 11.9. The maximum Gasteiger partial charge on any atom is 0.249 e. The van der Waals surface area contributed by atoms with Gasteiger partial charge in [0.15, 0.2) is 0 Å². The lowest BCUT2D eigenvalue weighted by Gasteiger charge is -2.12. The summed E-state index contributed by atoms with van der Waals surface area (Å²) in [5.74, 6) is 2.14. The summed E-state index contributed by atoms with van der Waals surface area (Å²) in [6, 6.07) is 9.47. The number of nitrogens with one attached hydrogen (secondary N) is 1. The monoisotopic (exact) mass is 376 g/mol. The normalized spacial score (nSPS) is 14.0. The summed E-state index contributed by atoms with van der Waals surface area (Å²) >= 11 is 0. The number of hydrogen-bond donors (Lipinski definition) is 1. The summed E-state index contributed by atoms with van der Waals surface area (Å²) in [4.78, 5) is 16.6. The molecular weight excluding hydrogens is 352 g/mol. The standard InChI is InChI=1S/C23H24N2O3/c1-3-27-20-14-21-18(16-8-4-5-9-19(16)28-21)13-17(20)15(2)12-23(26)25-22-10-6-7-11-24-22/h6-7,10-14H,3-5,8-9H2,1-2H3,(H,24,25,26)/b15-12+. The van der Waals surface area contributed by atoms with Crippen molar-refractivity contribution >= 4 is 28.3 Å². The van der Waals surface area contributed by atoms with Gasteiger partial charge in [0.25, 0.3) is 0 Å². The van der Waals surface area contributed by atoms with Gasteiger partial charge in [-0.3, -0.25) is 4.79 Å². The molecule has 1 aliphatic carbocycles. The maximum atomic E-state index is 12.4. The van der Waals surface area contributed by atoms with Gasteiger partial charge in [-0.25, -0.2) is 4.98 Å². The van der Waals surface area contributed by atoms with Gasteiger partial charge >= 0.3 is 0 Å². The molecule has 28 heavy (non-hydrogen) atoms. The summed E-state index contributed by atoms with van der Waals surface area (Å²) in [7, 11) is 0. The molecule has 0 saturated heterocycles. The van der Waals surface area contributed by atoms with Crippen molar-refractivity contribution in [2.75, 3.05) is 11.9 Å². The number of rotatable bonds is 5. The largest absolute Gasteiger partial charge is 0.493 e. The van der Waals surface area contributed by atoms with Crippen LogP contribution in [-0.4, -0.2) is 17.5 Å². The van der Waals surface area contributed by atoms with Crippen LogP contribution in [0.4, 0.5) is 5.82 Å². The van der Waals surface area contributed by atoms with Crippen molar-refractivity contribution in [2.45, 2.75) is 39.5 Å². The predicted octanol–water partition coefficient (Wildman–Crippen LogP) is 5.15. The minimum Gasteiger partial charge on any atom is -0.493 e. The van der Waals surface area contributed by atoms with Crippen LogP contribution in [0.5, 0.6) is 5.75 Å². The highest BCUT2D eigenvalue weighted by Gasteiger charge is 2.20. The minimum atomic E-state index is -0.215. The molecule has 2 aromatic heterocycles. The van der Waals surface area contributed by atoms with Crippen molar-refractivity contribution in [1.82, 2.24) is 4.98 Å². The molecule has 1 N–H and O–H groups in total. The molecule has 144 valence electrons. The Kier molecular flexibility index (Phi) is 5.15. The molecule has 0 bridgehead atoms. The Labute approximate surface area is 164 Å². The Morgan fingerprint density at radius 1 is 1.29 bits per heavy atom. The van der Waals surface area contributed by atoms with Gasteiger partial charge in [0.1, 0.15) is 22.9 Å². The van der Waals surface area contributed by atoms with Crippen LogP contribution in [0.2, 0.25) is 0 Å². The van der Waals surface area contributed by atoms with Crippen LogP contribution in [0, 0.1) is 0 Å². The van der Waals surface area contributed by atoms with Crippen molar-refractivity contribution < 1.29 is 13.9 Å². The second-order valence-electron chi connectivity index (χ2n) is 7.02. The van der Waals surface area contributed by atoms with E-state index in [-0.39, 0.29) is 5.91 Å². The lowest BCUT2D eigenvalue weighted by Crippen LogP contribution is -2.09. The number of nitrogens with zero attached hydrogens (tertiary/aromatic N) is 1. The zero-order valence-electron chi connectivity index (χ0n) is 16.2. The molecule has 3 aromatic rings. The summed E-state index contributed by atoms with van der Waals surface area (Å²) in [6.45, 7) is 4.43. The number of anilines is 1. The van der Waals surface area contributed by atoms with Crippen molar-refractivity contribution in [2.24, 2.45) is 0 Å². The summed E-state index contributed by atoms with van der Waals surface area (Å²) in [5, 5.41) is 3.92. The van der Waals surface area contributed by atoms with Gasteiger partial charge in [0, 0.05) is 41.3 Å². The first-order valence-electron chi connectivity index (χ1n) is 9.77. The number of pyridine rings is 1. The fourth-order valence-corrected chi connectivity index (χ4v) is 3.75. The molecule has 2 heterocycles. The van der Waals surface area contributed by atoms with E-state index in [1.54, 1.807) is 18.3 Å². The van der Waals surface area contributed by atoms with Crippen LogP contribution in [0.3, 0.4) is 0 Å². The molecule has 0 radical (unpaired) electrons. The molecule has 5 heteroatoms. The van der Waals surface area contributed by atoms with Crippen LogP contribution in [0.1, 0.15) is 43.6 Å². The van der Waals surface area contributed by atoms with Crippen molar-refractivity contribution in [3.8, 4) is 5.75 Å². The molecule has 0 saturated carbocycles. The topological polar surface area (TPSA) is 64.4 Å². The second-order valence-corrected chi connectivity index (χ2v) is 7.02. The number of carbonyl (C=O) groups excluding carboxylic acids is 1. The summed E-state index contributed by atoms with van der Waals surface area (Å²) in [6.07, 6.45) is 7.62. The number of aryl methyl sites for hydroxylation is 2. The number of furan rings is 1. The average molecular weight is 376 g/mol. The molecule has 0 atom stereocenters. The molecule has 1 aromatic carbocycles. The SMILES string of the molecule is CCOc1cc2oc3c(c2cc1/C(C)=C/C(=O)Nc1ccccn1)CCCC3. The zero-order chi connectivity index (χ0) is 19.5. The van der Waals surface area contributed by atoms with Gasteiger partial charge in [-0.15, -0.1) is 0 Å². The van der Waals surface area contributed by atoms with E-state index in [1.165, 1.54) is 18.4 Å². The highest BCUT2D eigenvalue weighted by Crippen LogP contribution is 2.38. The van der Waals surface area contributed by atoms with Gasteiger partial charge in [0.2, 0.25) is 5.91 Å². The van der Waals surface area contributed by atoms with Crippen LogP contribution in [-0.2, 0) is 17.6 Å². The summed E-state index contributed by atoms with van der Waals surface area (Å²) in [5.41, 5.74) is 3.92. The molecule has 0 aliphatic heterocycles. The van der Waals surface area contributed by atoms with Crippen LogP contribution < -0.4 is 10.1 Å². The van der Waals surface area contributed by atoms with E-state index in [2.05, 4.69) is 16.4 Å². The molecule has 0 spiro atoms. The number of hydrogen-bond acceptors (Lipinski definition) is 4. The zero-order valence-corrected chi connectivity index (χ0v) is 16.2. The Hall–Kier alpha value is -3.08. The number of ether oxygens (including phenoxy) is 1. The Balaban J connectivity index is 1.70. The lowest BCUT2D eigenvalue weighted by atomic mass is 9.94. The fraction of sp³-hybridized carbons (Fsp3) is 0.304. The Morgan fingerprint density at radius 2 is 2.14 bits per heavy atom. The number of fused-ring (bicyclic) bond motifs is 3. The molecular formula is C23H24N2O3.